The lowest BCUT2D eigenvalue weighted by Crippen LogP contribution is -2.36. The molecule has 0 aliphatic carbocycles. The summed E-state index contributed by atoms with van der Waals surface area (Å²) in [6.07, 6.45) is 3.07. The fourth-order valence-electron chi connectivity index (χ4n) is 2.21. The summed E-state index contributed by atoms with van der Waals surface area (Å²) in [7, 11) is 1.71. The Hall–Kier alpha value is -0.590. The van der Waals surface area contributed by atoms with Gasteiger partial charge in [-0.25, -0.2) is 0 Å². The van der Waals surface area contributed by atoms with E-state index in [4.69, 9.17) is 4.74 Å². The van der Waals surface area contributed by atoms with Gasteiger partial charge in [0.1, 0.15) is 0 Å². The van der Waals surface area contributed by atoms with Crippen LogP contribution in [0.1, 0.15) is 25.7 Å². The molecule has 5 nitrogen and oxygen atoms in total. The van der Waals surface area contributed by atoms with E-state index >= 15 is 0 Å². The van der Waals surface area contributed by atoms with Crippen molar-refractivity contribution in [1.82, 2.24) is 10.2 Å². The maximum Gasteiger partial charge on any atom is 0.221 e. The van der Waals surface area contributed by atoms with E-state index in [1.165, 1.54) is 6.42 Å². The second-order valence-corrected chi connectivity index (χ2v) is 5.03. The van der Waals surface area contributed by atoms with Crippen molar-refractivity contribution in [3.8, 4) is 0 Å². The normalized spacial score (nSPS) is 20.0. The average molecular weight is 274 g/mol. The molecule has 0 aromatic heterocycles. The van der Waals surface area contributed by atoms with E-state index in [-0.39, 0.29) is 17.4 Å². The summed E-state index contributed by atoms with van der Waals surface area (Å²) in [4.78, 5) is 24.4. The van der Waals surface area contributed by atoms with Gasteiger partial charge in [0.05, 0.1) is 6.61 Å². The Kier molecular flexibility index (Phi) is 7.31. The number of amides is 1. The Bertz CT molecular complexity index is 286. The Morgan fingerprint density at radius 3 is 2.89 bits per heavy atom. The van der Waals surface area contributed by atoms with Gasteiger partial charge in [-0.05, 0) is 19.4 Å². The van der Waals surface area contributed by atoms with Gasteiger partial charge in [-0.15, -0.1) is 12.6 Å². The van der Waals surface area contributed by atoms with E-state index in [0.29, 0.717) is 19.0 Å². The van der Waals surface area contributed by atoms with Crippen LogP contribution in [-0.2, 0) is 14.3 Å². The molecule has 0 aromatic carbocycles. The monoisotopic (exact) mass is 274 g/mol. The van der Waals surface area contributed by atoms with Crippen LogP contribution in [0.15, 0.2) is 0 Å². The summed E-state index contributed by atoms with van der Waals surface area (Å²) in [5.74, 6) is -0.00681. The number of hydrogen-bond donors (Lipinski definition) is 2. The van der Waals surface area contributed by atoms with Crippen LogP contribution in [-0.4, -0.2) is 55.3 Å². The van der Waals surface area contributed by atoms with E-state index in [1.807, 2.05) is 0 Å². The molecule has 1 amide bonds. The van der Waals surface area contributed by atoms with Crippen molar-refractivity contribution in [1.29, 1.82) is 0 Å². The minimum absolute atomic E-state index is 0.00681. The highest BCUT2D eigenvalue weighted by Crippen LogP contribution is 2.17. The summed E-state index contributed by atoms with van der Waals surface area (Å²) >= 11 is 3.65. The lowest BCUT2D eigenvalue weighted by molar-refractivity contribution is -0.121. The van der Waals surface area contributed by atoms with Crippen molar-refractivity contribution in [3.63, 3.8) is 0 Å². The molecule has 0 bridgehead atoms. The summed E-state index contributed by atoms with van der Waals surface area (Å²) in [6.45, 7) is 2.91. The van der Waals surface area contributed by atoms with Gasteiger partial charge in [0.15, 0.2) is 5.12 Å². The molecule has 6 heteroatoms. The number of nitrogens with zero attached hydrogens (tertiary/aromatic N) is 1. The first-order chi connectivity index (χ1) is 8.63. The van der Waals surface area contributed by atoms with E-state index < -0.39 is 0 Å². The Balaban J connectivity index is 2.15. The third kappa shape index (κ3) is 5.84. The summed E-state index contributed by atoms with van der Waals surface area (Å²) in [5, 5.41) is 2.52. The number of nitrogens with one attached hydrogen (secondary N) is 1. The molecule has 1 rings (SSSR count). The zero-order valence-corrected chi connectivity index (χ0v) is 11.7. The predicted molar refractivity (Wildman–Crippen MR) is 72.7 cm³/mol. The van der Waals surface area contributed by atoms with Gasteiger partial charge in [-0.1, -0.05) is 0 Å². The molecule has 18 heavy (non-hydrogen) atoms. The van der Waals surface area contributed by atoms with Crippen LogP contribution in [0.3, 0.4) is 0 Å². The molecule has 0 spiro atoms. The zero-order valence-electron chi connectivity index (χ0n) is 10.9. The number of methoxy groups -OCH3 is 1. The first-order valence-corrected chi connectivity index (χ1v) is 6.79. The number of rotatable bonds is 8. The van der Waals surface area contributed by atoms with Crippen LogP contribution in [0.2, 0.25) is 0 Å². The first-order valence-electron chi connectivity index (χ1n) is 6.35. The van der Waals surface area contributed by atoms with E-state index in [2.05, 4.69) is 22.8 Å². The standard InChI is InChI=1S/C12H22N2O3S/c1-17-9-10-3-2-7-14(10)8-5-11(15)13-6-4-12(16)18/h10H,2-9H2,1H3,(H,13,15)(H,16,18). The van der Waals surface area contributed by atoms with E-state index in [9.17, 15) is 9.59 Å². The molecule has 0 aromatic rings. The van der Waals surface area contributed by atoms with Gasteiger partial charge in [0.2, 0.25) is 5.91 Å². The maximum absolute atomic E-state index is 11.5. The molecule has 1 atom stereocenters. The van der Waals surface area contributed by atoms with Gasteiger partial charge in [0, 0.05) is 39.1 Å². The highest BCUT2D eigenvalue weighted by molar-refractivity contribution is 7.96. The second kappa shape index (κ2) is 8.50. The van der Waals surface area contributed by atoms with Crippen molar-refractivity contribution in [2.75, 3.05) is 33.4 Å². The molecule has 1 heterocycles. The van der Waals surface area contributed by atoms with Gasteiger partial charge in [0.25, 0.3) is 0 Å². The fourth-order valence-corrected chi connectivity index (χ4v) is 2.32. The number of hydrogen-bond acceptors (Lipinski definition) is 4. The maximum atomic E-state index is 11.5. The lowest BCUT2D eigenvalue weighted by Gasteiger charge is -2.23. The zero-order chi connectivity index (χ0) is 13.4. The van der Waals surface area contributed by atoms with Crippen LogP contribution in [0.25, 0.3) is 0 Å². The average Bonchev–Trinajstić information content (AvgIpc) is 2.74. The highest BCUT2D eigenvalue weighted by atomic mass is 32.1. The number of likely N-dealkylation sites (tertiary alicyclic amines) is 1. The quantitative estimate of drug-likeness (QED) is 0.631. The fraction of sp³-hybridized carbons (Fsp3) is 0.833. The lowest BCUT2D eigenvalue weighted by atomic mass is 10.2. The highest BCUT2D eigenvalue weighted by Gasteiger charge is 2.24. The minimum Gasteiger partial charge on any atom is -0.383 e. The third-order valence-electron chi connectivity index (χ3n) is 3.15. The van der Waals surface area contributed by atoms with Crippen molar-refractivity contribution in [2.24, 2.45) is 0 Å². The van der Waals surface area contributed by atoms with Crippen LogP contribution in [0.5, 0.6) is 0 Å². The van der Waals surface area contributed by atoms with E-state index in [1.54, 1.807) is 7.11 Å². The molecule has 1 saturated heterocycles. The molecule has 1 unspecified atom stereocenters. The molecule has 1 aliphatic heterocycles. The van der Waals surface area contributed by atoms with Crippen molar-refractivity contribution < 1.29 is 14.3 Å². The molecule has 1 fully saturated rings. The van der Waals surface area contributed by atoms with Gasteiger partial charge < -0.3 is 10.1 Å². The Labute approximate surface area is 114 Å². The van der Waals surface area contributed by atoms with Crippen molar-refractivity contribution in [3.05, 3.63) is 0 Å². The summed E-state index contributed by atoms with van der Waals surface area (Å²) in [6, 6.07) is 0.446. The SMILES string of the molecule is COCC1CCCN1CCC(=O)NCCC(=O)S. The Morgan fingerprint density at radius 2 is 2.22 bits per heavy atom. The number of ether oxygens (including phenoxy) is 1. The molecular weight excluding hydrogens is 252 g/mol. The number of thiol groups is 1. The predicted octanol–water partition coefficient (Wildman–Crippen LogP) is 0.450. The molecule has 0 saturated carbocycles. The van der Waals surface area contributed by atoms with E-state index in [0.717, 1.165) is 26.1 Å². The van der Waals surface area contributed by atoms with Crippen molar-refractivity contribution in [2.45, 2.75) is 31.7 Å². The Morgan fingerprint density at radius 1 is 1.44 bits per heavy atom. The van der Waals surface area contributed by atoms with Crippen LogP contribution >= 0.6 is 12.6 Å². The molecule has 0 radical (unpaired) electrons. The first kappa shape index (κ1) is 15.5. The molecule has 1 aliphatic rings. The van der Waals surface area contributed by atoms with Gasteiger partial charge >= 0.3 is 0 Å². The van der Waals surface area contributed by atoms with Gasteiger partial charge in [-0.3, -0.25) is 14.5 Å². The van der Waals surface area contributed by atoms with Crippen LogP contribution < -0.4 is 5.32 Å². The van der Waals surface area contributed by atoms with Crippen molar-refractivity contribution >= 4 is 23.7 Å². The topological polar surface area (TPSA) is 58.6 Å². The molecular formula is C12H22N2O3S. The molecule has 104 valence electrons. The number of carbonyl (C=O) groups is 2. The number of carbonyl (C=O) groups excluding carboxylic acids is 2. The summed E-state index contributed by atoms with van der Waals surface area (Å²) in [5.41, 5.74) is 0. The van der Waals surface area contributed by atoms with Crippen LogP contribution in [0, 0.1) is 0 Å². The van der Waals surface area contributed by atoms with Crippen LogP contribution in [0.4, 0.5) is 0 Å². The third-order valence-corrected chi connectivity index (χ3v) is 3.37. The molecule has 1 N–H and O–H groups in total. The second-order valence-electron chi connectivity index (χ2n) is 4.53. The minimum atomic E-state index is -0.199. The van der Waals surface area contributed by atoms with Gasteiger partial charge in [-0.2, -0.15) is 0 Å². The summed E-state index contributed by atoms with van der Waals surface area (Å²) < 4.78 is 5.17. The largest absolute Gasteiger partial charge is 0.383 e. The smallest absolute Gasteiger partial charge is 0.221 e.